The Labute approximate surface area is 103 Å². The lowest BCUT2D eigenvalue weighted by Gasteiger charge is -1.97. The molecule has 5 nitrogen and oxygen atoms in total. The third-order valence-corrected chi connectivity index (χ3v) is 2.10. The highest BCUT2D eigenvalue weighted by Crippen LogP contribution is 2.09. The van der Waals surface area contributed by atoms with Gasteiger partial charge in [0.25, 0.3) is 0 Å². The number of nitrogens with one attached hydrogen (secondary N) is 1. The van der Waals surface area contributed by atoms with Crippen LogP contribution >= 0.6 is 11.6 Å². The summed E-state index contributed by atoms with van der Waals surface area (Å²) in [7, 11) is 0. The van der Waals surface area contributed by atoms with E-state index in [4.69, 9.17) is 11.6 Å². The van der Waals surface area contributed by atoms with Gasteiger partial charge in [0, 0.05) is 0 Å². The van der Waals surface area contributed by atoms with Crippen molar-refractivity contribution in [3.8, 4) is 5.75 Å². The monoisotopic (exact) mass is 248 g/mol. The Hall–Kier alpha value is -2.14. The first-order valence-corrected chi connectivity index (χ1v) is 5.19. The standard InChI is InChI=1S/C11H9ClN4O/c12-10-4-5-11(16-14-10)15-13-7-8-2-1-3-9(17)6-8/h1-7,17H,(H,15,16)/b13-7+. The van der Waals surface area contributed by atoms with Crippen LogP contribution < -0.4 is 5.43 Å². The quantitative estimate of drug-likeness (QED) is 0.646. The molecule has 0 amide bonds. The fourth-order valence-corrected chi connectivity index (χ4v) is 1.25. The van der Waals surface area contributed by atoms with Gasteiger partial charge >= 0.3 is 0 Å². The van der Waals surface area contributed by atoms with Crippen LogP contribution in [0.2, 0.25) is 5.15 Å². The van der Waals surface area contributed by atoms with Gasteiger partial charge in [-0.25, -0.2) is 0 Å². The van der Waals surface area contributed by atoms with E-state index in [1.54, 1.807) is 36.5 Å². The van der Waals surface area contributed by atoms with E-state index in [0.29, 0.717) is 11.0 Å². The van der Waals surface area contributed by atoms with Crippen LogP contribution in [0.25, 0.3) is 0 Å². The zero-order valence-electron chi connectivity index (χ0n) is 8.71. The molecule has 0 aliphatic rings. The maximum Gasteiger partial charge on any atom is 0.168 e. The summed E-state index contributed by atoms with van der Waals surface area (Å²) in [5, 5.41) is 20.9. The molecule has 0 atom stereocenters. The van der Waals surface area contributed by atoms with Gasteiger partial charge in [-0.1, -0.05) is 23.7 Å². The lowest BCUT2D eigenvalue weighted by atomic mass is 10.2. The number of benzene rings is 1. The van der Waals surface area contributed by atoms with Gasteiger partial charge in [-0.05, 0) is 29.8 Å². The molecule has 0 saturated carbocycles. The summed E-state index contributed by atoms with van der Waals surface area (Å²) in [4.78, 5) is 0. The summed E-state index contributed by atoms with van der Waals surface area (Å²) in [5.74, 6) is 0.686. The molecule has 0 spiro atoms. The number of hydrazone groups is 1. The molecule has 2 rings (SSSR count). The molecular formula is C11H9ClN4O. The van der Waals surface area contributed by atoms with E-state index in [2.05, 4.69) is 20.7 Å². The Morgan fingerprint density at radius 2 is 2.12 bits per heavy atom. The van der Waals surface area contributed by atoms with Gasteiger partial charge in [0.05, 0.1) is 6.21 Å². The summed E-state index contributed by atoms with van der Waals surface area (Å²) in [6.07, 6.45) is 1.57. The van der Waals surface area contributed by atoms with Crippen LogP contribution in [0, 0.1) is 0 Å². The molecule has 1 aromatic carbocycles. The maximum absolute atomic E-state index is 9.24. The lowest BCUT2D eigenvalue weighted by Crippen LogP contribution is -1.94. The molecule has 17 heavy (non-hydrogen) atoms. The number of halogens is 1. The first kappa shape index (κ1) is 11.3. The fraction of sp³-hybridized carbons (Fsp3) is 0. The fourth-order valence-electron chi connectivity index (χ4n) is 1.15. The Balaban J connectivity index is 2.00. The number of hydrogen-bond donors (Lipinski definition) is 2. The number of nitrogens with zero attached hydrogens (tertiary/aromatic N) is 3. The largest absolute Gasteiger partial charge is 0.508 e. The zero-order valence-corrected chi connectivity index (χ0v) is 9.46. The Bertz CT molecular complexity index is 527. The molecule has 86 valence electrons. The van der Waals surface area contributed by atoms with Crippen molar-refractivity contribution < 1.29 is 5.11 Å². The minimum Gasteiger partial charge on any atom is -0.508 e. The van der Waals surface area contributed by atoms with E-state index in [9.17, 15) is 5.11 Å². The van der Waals surface area contributed by atoms with Gasteiger partial charge in [-0.3, -0.25) is 5.43 Å². The molecule has 0 aliphatic carbocycles. The average Bonchev–Trinajstić information content (AvgIpc) is 2.32. The van der Waals surface area contributed by atoms with Gasteiger partial charge < -0.3 is 5.11 Å². The highest BCUT2D eigenvalue weighted by molar-refractivity contribution is 6.29. The number of rotatable bonds is 3. The van der Waals surface area contributed by atoms with Crippen LogP contribution in [0.3, 0.4) is 0 Å². The molecule has 0 radical (unpaired) electrons. The number of phenolic OH excluding ortho intramolecular Hbond substituents is 1. The van der Waals surface area contributed by atoms with Crippen molar-refractivity contribution in [2.75, 3.05) is 5.43 Å². The molecule has 2 N–H and O–H groups in total. The van der Waals surface area contributed by atoms with E-state index in [-0.39, 0.29) is 5.75 Å². The number of aromatic hydroxyl groups is 1. The second kappa shape index (κ2) is 5.27. The number of aromatic nitrogens is 2. The number of anilines is 1. The van der Waals surface area contributed by atoms with Crippen molar-refractivity contribution in [3.63, 3.8) is 0 Å². The van der Waals surface area contributed by atoms with Crippen LogP contribution in [-0.4, -0.2) is 21.5 Å². The van der Waals surface area contributed by atoms with E-state index in [1.807, 2.05) is 6.07 Å². The highest BCUT2D eigenvalue weighted by atomic mass is 35.5. The molecular weight excluding hydrogens is 240 g/mol. The molecule has 6 heteroatoms. The summed E-state index contributed by atoms with van der Waals surface area (Å²) < 4.78 is 0. The first-order chi connectivity index (χ1) is 8.24. The van der Waals surface area contributed by atoms with Crippen LogP contribution in [-0.2, 0) is 0 Å². The normalized spacial score (nSPS) is 10.6. The van der Waals surface area contributed by atoms with Gasteiger partial charge in [0.1, 0.15) is 5.75 Å². The van der Waals surface area contributed by atoms with E-state index >= 15 is 0 Å². The highest BCUT2D eigenvalue weighted by Gasteiger charge is 1.93. The van der Waals surface area contributed by atoms with Crippen molar-refractivity contribution in [2.45, 2.75) is 0 Å². The van der Waals surface area contributed by atoms with Crippen LogP contribution in [0.1, 0.15) is 5.56 Å². The summed E-state index contributed by atoms with van der Waals surface area (Å²) in [6.45, 7) is 0. The SMILES string of the molecule is Oc1cccc(/C=N/Nc2ccc(Cl)nn2)c1. The molecule has 0 saturated heterocycles. The molecule has 1 heterocycles. The predicted octanol–water partition coefficient (Wildman–Crippen LogP) is 2.28. The first-order valence-electron chi connectivity index (χ1n) is 4.81. The smallest absolute Gasteiger partial charge is 0.168 e. The molecule has 1 aromatic heterocycles. The van der Waals surface area contributed by atoms with Crippen molar-refractivity contribution in [3.05, 3.63) is 47.1 Å². The maximum atomic E-state index is 9.24. The van der Waals surface area contributed by atoms with E-state index in [0.717, 1.165) is 5.56 Å². The third kappa shape index (κ3) is 3.42. The minimum atomic E-state index is 0.195. The van der Waals surface area contributed by atoms with Crippen LogP contribution in [0.15, 0.2) is 41.5 Å². The molecule has 0 bridgehead atoms. The topological polar surface area (TPSA) is 70.4 Å². The second-order valence-electron chi connectivity index (χ2n) is 3.21. The number of hydrogen-bond acceptors (Lipinski definition) is 5. The summed E-state index contributed by atoms with van der Waals surface area (Å²) >= 11 is 5.59. The second-order valence-corrected chi connectivity index (χ2v) is 3.59. The third-order valence-electron chi connectivity index (χ3n) is 1.89. The summed E-state index contributed by atoms with van der Waals surface area (Å²) in [6, 6.07) is 10.0. The molecule has 2 aromatic rings. The molecule has 0 unspecified atom stereocenters. The minimum absolute atomic E-state index is 0.195. The van der Waals surface area contributed by atoms with Crippen LogP contribution in [0.5, 0.6) is 5.75 Å². The summed E-state index contributed by atoms with van der Waals surface area (Å²) in [5.41, 5.74) is 3.47. The van der Waals surface area contributed by atoms with Gasteiger partial charge in [0.15, 0.2) is 11.0 Å². The van der Waals surface area contributed by atoms with Crippen molar-refractivity contribution in [1.29, 1.82) is 0 Å². The number of phenols is 1. The van der Waals surface area contributed by atoms with Gasteiger partial charge in [-0.15, -0.1) is 10.2 Å². The van der Waals surface area contributed by atoms with Crippen molar-refractivity contribution in [2.24, 2.45) is 5.10 Å². The zero-order chi connectivity index (χ0) is 12.1. The van der Waals surface area contributed by atoms with Crippen LogP contribution in [0.4, 0.5) is 5.82 Å². The van der Waals surface area contributed by atoms with Crippen molar-refractivity contribution in [1.82, 2.24) is 10.2 Å². The Kier molecular flexibility index (Phi) is 3.52. The van der Waals surface area contributed by atoms with E-state index < -0.39 is 0 Å². The van der Waals surface area contributed by atoms with E-state index in [1.165, 1.54) is 0 Å². The van der Waals surface area contributed by atoms with Gasteiger partial charge in [0.2, 0.25) is 0 Å². The van der Waals surface area contributed by atoms with Gasteiger partial charge in [-0.2, -0.15) is 5.10 Å². The Morgan fingerprint density at radius 1 is 1.24 bits per heavy atom. The lowest BCUT2D eigenvalue weighted by molar-refractivity contribution is 0.475. The average molecular weight is 249 g/mol. The Morgan fingerprint density at radius 3 is 2.82 bits per heavy atom. The molecule has 0 aliphatic heterocycles. The predicted molar refractivity (Wildman–Crippen MR) is 66.4 cm³/mol. The molecule has 0 fully saturated rings. The van der Waals surface area contributed by atoms with Crippen molar-refractivity contribution >= 4 is 23.6 Å².